The Kier molecular flexibility index (Phi) is 6.06. The molecule has 0 aliphatic heterocycles. The molecule has 1 unspecified atom stereocenters. The van der Waals surface area contributed by atoms with E-state index < -0.39 is 11.9 Å². The fourth-order valence-electron chi connectivity index (χ4n) is 2.21. The fraction of sp³-hybridized carbons (Fsp3) is 0.105. The Hall–Kier alpha value is -3.41. The first kappa shape index (κ1) is 17.9. The summed E-state index contributed by atoms with van der Waals surface area (Å²) in [6.07, 6.45) is 1.62. The van der Waals surface area contributed by atoms with Crippen LogP contribution in [0.1, 0.15) is 28.9 Å². The molecule has 0 saturated carbocycles. The van der Waals surface area contributed by atoms with E-state index in [2.05, 4.69) is 10.6 Å². The van der Waals surface area contributed by atoms with Gasteiger partial charge < -0.3 is 15.7 Å². The monoisotopic (exact) mass is 338 g/mol. The standard InChI is InChI=1S/C19H18N2O4/c1-13(14-7-3-2-4-8-14)20-19(25)15-9-5-6-10-16(15)21-17(22)11-12-18(23)24/h2-13H,1H3,(H,20,25)(H,21,22)(H,23,24)/b12-11+. The third kappa shape index (κ3) is 5.31. The average molecular weight is 338 g/mol. The van der Waals surface area contributed by atoms with Crippen molar-refractivity contribution in [2.24, 2.45) is 0 Å². The predicted molar refractivity (Wildman–Crippen MR) is 94.2 cm³/mol. The van der Waals surface area contributed by atoms with Crippen molar-refractivity contribution in [2.75, 3.05) is 5.32 Å². The number of rotatable bonds is 6. The van der Waals surface area contributed by atoms with Crippen LogP contribution in [0.25, 0.3) is 0 Å². The third-order valence-electron chi connectivity index (χ3n) is 3.45. The molecule has 128 valence electrons. The van der Waals surface area contributed by atoms with E-state index in [4.69, 9.17) is 5.11 Å². The van der Waals surface area contributed by atoms with Gasteiger partial charge in [-0.2, -0.15) is 0 Å². The summed E-state index contributed by atoms with van der Waals surface area (Å²) < 4.78 is 0. The van der Waals surface area contributed by atoms with Gasteiger partial charge in [0.2, 0.25) is 5.91 Å². The van der Waals surface area contributed by atoms with Crippen molar-refractivity contribution in [3.63, 3.8) is 0 Å². The van der Waals surface area contributed by atoms with E-state index in [1.807, 2.05) is 37.3 Å². The van der Waals surface area contributed by atoms with Crippen molar-refractivity contribution >= 4 is 23.5 Å². The number of anilines is 1. The zero-order chi connectivity index (χ0) is 18.2. The molecule has 0 saturated heterocycles. The molecule has 2 aromatic rings. The molecule has 0 aromatic heterocycles. The van der Waals surface area contributed by atoms with Gasteiger partial charge in [0.05, 0.1) is 17.3 Å². The van der Waals surface area contributed by atoms with Gasteiger partial charge in [-0.3, -0.25) is 9.59 Å². The Morgan fingerprint density at radius 3 is 2.28 bits per heavy atom. The molecule has 0 aliphatic rings. The number of hydrogen-bond acceptors (Lipinski definition) is 3. The van der Waals surface area contributed by atoms with Crippen LogP contribution in [-0.4, -0.2) is 22.9 Å². The van der Waals surface area contributed by atoms with Crippen LogP contribution < -0.4 is 10.6 Å². The van der Waals surface area contributed by atoms with Gasteiger partial charge in [-0.15, -0.1) is 0 Å². The molecule has 0 aliphatic carbocycles. The van der Waals surface area contributed by atoms with E-state index in [0.717, 1.165) is 17.7 Å². The molecule has 0 fully saturated rings. The van der Waals surface area contributed by atoms with E-state index in [-0.39, 0.29) is 11.9 Å². The summed E-state index contributed by atoms with van der Waals surface area (Å²) in [5.41, 5.74) is 1.56. The highest BCUT2D eigenvalue weighted by molar-refractivity contribution is 6.07. The average Bonchev–Trinajstić information content (AvgIpc) is 2.61. The number of carboxylic acid groups (broad SMARTS) is 1. The minimum Gasteiger partial charge on any atom is -0.478 e. The van der Waals surface area contributed by atoms with Gasteiger partial charge in [-0.25, -0.2) is 4.79 Å². The van der Waals surface area contributed by atoms with Crippen molar-refractivity contribution in [3.8, 4) is 0 Å². The van der Waals surface area contributed by atoms with E-state index in [1.165, 1.54) is 0 Å². The highest BCUT2D eigenvalue weighted by atomic mass is 16.4. The number of para-hydroxylation sites is 1. The second-order valence-electron chi connectivity index (χ2n) is 5.31. The Bertz CT molecular complexity index is 800. The molecule has 6 heteroatoms. The van der Waals surface area contributed by atoms with Gasteiger partial charge in [0.1, 0.15) is 0 Å². The first-order chi connectivity index (χ1) is 12.0. The Morgan fingerprint density at radius 2 is 1.60 bits per heavy atom. The second-order valence-corrected chi connectivity index (χ2v) is 5.31. The molecule has 25 heavy (non-hydrogen) atoms. The smallest absolute Gasteiger partial charge is 0.328 e. The molecule has 2 rings (SSSR count). The van der Waals surface area contributed by atoms with Crippen LogP contribution in [0.2, 0.25) is 0 Å². The van der Waals surface area contributed by atoms with Crippen LogP contribution >= 0.6 is 0 Å². The molecule has 6 nitrogen and oxygen atoms in total. The largest absolute Gasteiger partial charge is 0.478 e. The summed E-state index contributed by atoms with van der Waals surface area (Å²) in [4.78, 5) is 34.7. The number of amides is 2. The summed E-state index contributed by atoms with van der Waals surface area (Å²) in [6.45, 7) is 1.87. The number of hydrogen-bond donors (Lipinski definition) is 3. The van der Waals surface area contributed by atoms with Crippen molar-refractivity contribution < 1.29 is 19.5 Å². The summed E-state index contributed by atoms with van der Waals surface area (Å²) in [6, 6.07) is 15.8. The number of carboxylic acids is 1. The van der Waals surface area contributed by atoms with Crippen molar-refractivity contribution in [1.29, 1.82) is 0 Å². The lowest BCUT2D eigenvalue weighted by atomic mass is 10.1. The van der Waals surface area contributed by atoms with Crippen molar-refractivity contribution in [3.05, 3.63) is 77.9 Å². The Balaban J connectivity index is 2.12. The lowest BCUT2D eigenvalue weighted by Gasteiger charge is -2.16. The maximum Gasteiger partial charge on any atom is 0.328 e. The van der Waals surface area contributed by atoms with Gasteiger partial charge in [0.15, 0.2) is 0 Å². The number of carbonyl (C=O) groups excluding carboxylic acids is 2. The van der Waals surface area contributed by atoms with Gasteiger partial charge in [-0.1, -0.05) is 42.5 Å². The molecule has 0 spiro atoms. The van der Waals surface area contributed by atoms with Crippen LogP contribution in [0.4, 0.5) is 5.69 Å². The highest BCUT2D eigenvalue weighted by Crippen LogP contribution is 2.18. The summed E-state index contributed by atoms with van der Waals surface area (Å²) >= 11 is 0. The molecule has 0 radical (unpaired) electrons. The molecule has 2 amide bonds. The second kappa shape index (κ2) is 8.44. The zero-order valence-corrected chi connectivity index (χ0v) is 13.6. The minimum atomic E-state index is -1.22. The number of nitrogens with one attached hydrogen (secondary N) is 2. The lowest BCUT2D eigenvalue weighted by molar-refractivity contribution is -0.131. The SMILES string of the molecule is CC(NC(=O)c1ccccc1NC(=O)/C=C/C(=O)O)c1ccccc1. The third-order valence-corrected chi connectivity index (χ3v) is 3.45. The normalized spacial score (nSPS) is 11.7. The van der Waals surface area contributed by atoms with E-state index in [9.17, 15) is 14.4 Å². The lowest BCUT2D eigenvalue weighted by Crippen LogP contribution is -2.27. The van der Waals surface area contributed by atoms with Crippen molar-refractivity contribution in [1.82, 2.24) is 5.32 Å². The highest BCUT2D eigenvalue weighted by Gasteiger charge is 2.15. The number of carbonyl (C=O) groups is 3. The van der Waals surface area contributed by atoms with Gasteiger partial charge in [0.25, 0.3) is 5.91 Å². The first-order valence-corrected chi connectivity index (χ1v) is 7.64. The summed E-state index contributed by atoms with van der Waals surface area (Å²) in [7, 11) is 0. The molecular formula is C19H18N2O4. The first-order valence-electron chi connectivity index (χ1n) is 7.64. The van der Waals surface area contributed by atoms with Gasteiger partial charge in [-0.05, 0) is 24.6 Å². The zero-order valence-electron chi connectivity index (χ0n) is 13.6. The quantitative estimate of drug-likeness (QED) is 0.706. The van der Waals surface area contributed by atoms with Gasteiger partial charge in [0, 0.05) is 12.2 Å². The maximum atomic E-state index is 12.5. The van der Waals surface area contributed by atoms with E-state index in [1.54, 1.807) is 24.3 Å². The molecule has 0 heterocycles. The fourth-order valence-corrected chi connectivity index (χ4v) is 2.21. The van der Waals surface area contributed by atoms with E-state index in [0.29, 0.717) is 11.3 Å². The topological polar surface area (TPSA) is 95.5 Å². The molecule has 3 N–H and O–H groups in total. The van der Waals surface area contributed by atoms with Crippen LogP contribution in [0.5, 0.6) is 0 Å². The molecule has 0 bridgehead atoms. The Morgan fingerprint density at radius 1 is 0.960 bits per heavy atom. The summed E-state index contributed by atoms with van der Waals surface area (Å²) in [5.74, 6) is -2.19. The molecule has 2 aromatic carbocycles. The molecular weight excluding hydrogens is 320 g/mol. The van der Waals surface area contributed by atoms with Crippen LogP contribution in [-0.2, 0) is 9.59 Å². The van der Waals surface area contributed by atoms with Crippen molar-refractivity contribution in [2.45, 2.75) is 13.0 Å². The van der Waals surface area contributed by atoms with Crippen LogP contribution in [0.15, 0.2) is 66.7 Å². The Labute approximate surface area is 145 Å². The predicted octanol–water partition coefficient (Wildman–Crippen LogP) is 2.76. The maximum absolute atomic E-state index is 12.5. The number of aliphatic carboxylic acids is 1. The molecule has 1 atom stereocenters. The van der Waals surface area contributed by atoms with Crippen LogP contribution in [0, 0.1) is 0 Å². The van der Waals surface area contributed by atoms with E-state index >= 15 is 0 Å². The summed E-state index contributed by atoms with van der Waals surface area (Å²) in [5, 5.41) is 13.9. The van der Waals surface area contributed by atoms with Crippen LogP contribution in [0.3, 0.4) is 0 Å². The minimum absolute atomic E-state index is 0.204. The number of benzene rings is 2. The van der Waals surface area contributed by atoms with Gasteiger partial charge >= 0.3 is 5.97 Å².